The quantitative estimate of drug-likeness (QED) is 0.590. The number of amides is 1. The molecule has 1 fully saturated rings. The number of carbonyl (C=O) groups is 1. The van der Waals surface area contributed by atoms with Crippen LogP contribution < -0.4 is 0 Å². The molecule has 5 heteroatoms. The minimum absolute atomic E-state index is 0.177. The zero-order chi connectivity index (χ0) is 12.8. The summed E-state index contributed by atoms with van der Waals surface area (Å²) in [7, 11) is 4.00. The molecule has 1 heterocycles. The molecule has 0 aromatic heterocycles. The molecule has 1 aliphatic heterocycles. The van der Waals surface area contributed by atoms with Gasteiger partial charge in [-0.25, -0.2) is 0 Å². The zero-order valence-electron chi connectivity index (χ0n) is 10.7. The molecule has 1 saturated heterocycles. The fourth-order valence-electron chi connectivity index (χ4n) is 2.31. The van der Waals surface area contributed by atoms with E-state index in [4.69, 9.17) is 0 Å². The molecule has 0 spiro atoms. The molecule has 1 N–H and O–H groups in total. The van der Waals surface area contributed by atoms with Crippen LogP contribution in [0.3, 0.4) is 0 Å². The van der Waals surface area contributed by atoms with Gasteiger partial charge >= 0.3 is 0 Å². The van der Waals surface area contributed by atoms with E-state index < -0.39 is 0 Å². The summed E-state index contributed by atoms with van der Waals surface area (Å²) >= 11 is 3.37. The minimum Gasteiger partial charge on any atom is -0.391 e. The van der Waals surface area contributed by atoms with E-state index in [-0.39, 0.29) is 18.1 Å². The van der Waals surface area contributed by atoms with Crippen molar-refractivity contribution in [3.8, 4) is 0 Å². The van der Waals surface area contributed by atoms with Gasteiger partial charge in [-0.2, -0.15) is 0 Å². The Morgan fingerprint density at radius 2 is 2.18 bits per heavy atom. The van der Waals surface area contributed by atoms with E-state index in [1.165, 1.54) is 0 Å². The van der Waals surface area contributed by atoms with Gasteiger partial charge in [0.1, 0.15) is 0 Å². The first-order valence-corrected chi connectivity index (χ1v) is 7.35. The number of alkyl halides is 1. The van der Waals surface area contributed by atoms with Crippen LogP contribution in [-0.4, -0.2) is 65.5 Å². The first-order valence-electron chi connectivity index (χ1n) is 6.22. The third-order valence-electron chi connectivity index (χ3n) is 3.06. The highest BCUT2D eigenvalue weighted by atomic mass is 79.9. The fraction of sp³-hybridized carbons (Fsp3) is 0.917. The number of aliphatic hydroxyl groups is 1. The van der Waals surface area contributed by atoms with Crippen molar-refractivity contribution < 1.29 is 9.90 Å². The van der Waals surface area contributed by atoms with Crippen molar-refractivity contribution in [2.45, 2.75) is 37.8 Å². The zero-order valence-corrected chi connectivity index (χ0v) is 12.3. The molecule has 0 saturated carbocycles. The molecule has 0 aliphatic carbocycles. The van der Waals surface area contributed by atoms with E-state index in [0.29, 0.717) is 19.4 Å². The Morgan fingerprint density at radius 1 is 1.47 bits per heavy atom. The van der Waals surface area contributed by atoms with Crippen LogP contribution in [0.4, 0.5) is 0 Å². The molecule has 4 nitrogen and oxygen atoms in total. The first-order chi connectivity index (χ1) is 8.04. The number of hydrogen-bond acceptors (Lipinski definition) is 3. The van der Waals surface area contributed by atoms with Crippen molar-refractivity contribution in [3.05, 3.63) is 0 Å². The molecule has 0 bridgehead atoms. The Bertz CT molecular complexity index is 249. The summed E-state index contributed by atoms with van der Waals surface area (Å²) in [6, 6.07) is 0.177. The molecule has 0 aromatic rings. The molecule has 1 rings (SSSR count). The third-order valence-corrected chi connectivity index (χ3v) is 3.62. The minimum atomic E-state index is -0.347. The second-order valence-corrected chi connectivity index (χ2v) is 5.79. The van der Waals surface area contributed by atoms with Gasteiger partial charge in [0.2, 0.25) is 5.91 Å². The number of hydrogen-bond donors (Lipinski definition) is 1. The summed E-state index contributed by atoms with van der Waals surface area (Å²) in [6.45, 7) is 1.34. The molecule has 0 aromatic carbocycles. The number of likely N-dealkylation sites (N-methyl/N-ethyl adjacent to an activating group) is 1. The van der Waals surface area contributed by atoms with Crippen molar-refractivity contribution in [1.82, 2.24) is 9.80 Å². The third kappa shape index (κ3) is 4.94. The Balaban J connectivity index is 2.45. The number of nitrogens with zero attached hydrogens (tertiary/aromatic N) is 2. The van der Waals surface area contributed by atoms with Crippen molar-refractivity contribution in [3.63, 3.8) is 0 Å². The van der Waals surface area contributed by atoms with Crippen LogP contribution in [0, 0.1) is 0 Å². The average molecular weight is 307 g/mol. The lowest BCUT2D eigenvalue weighted by molar-refractivity contribution is -0.132. The van der Waals surface area contributed by atoms with Gasteiger partial charge in [-0.3, -0.25) is 4.79 Å². The molecular formula is C12H23BrN2O2. The van der Waals surface area contributed by atoms with Crippen LogP contribution in [0.2, 0.25) is 0 Å². The lowest BCUT2D eigenvalue weighted by atomic mass is 10.2. The smallest absolute Gasteiger partial charge is 0.222 e. The fourth-order valence-corrected chi connectivity index (χ4v) is 2.70. The van der Waals surface area contributed by atoms with Gasteiger partial charge in [0.15, 0.2) is 0 Å². The molecule has 0 radical (unpaired) electrons. The van der Waals surface area contributed by atoms with Crippen LogP contribution >= 0.6 is 15.9 Å². The van der Waals surface area contributed by atoms with E-state index in [1.807, 2.05) is 19.0 Å². The van der Waals surface area contributed by atoms with Crippen LogP contribution in [0.15, 0.2) is 0 Å². The summed E-state index contributed by atoms with van der Waals surface area (Å²) in [5.41, 5.74) is 0. The Hall–Kier alpha value is -0.130. The van der Waals surface area contributed by atoms with Gasteiger partial charge in [0, 0.05) is 30.9 Å². The maximum atomic E-state index is 12.0. The molecule has 1 aliphatic rings. The van der Waals surface area contributed by atoms with Gasteiger partial charge < -0.3 is 14.9 Å². The van der Waals surface area contributed by atoms with Crippen LogP contribution in [0.5, 0.6) is 0 Å². The second kappa shape index (κ2) is 7.34. The maximum Gasteiger partial charge on any atom is 0.222 e. The molecular weight excluding hydrogens is 284 g/mol. The number of carbonyl (C=O) groups excluding carboxylic acids is 1. The monoisotopic (exact) mass is 306 g/mol. The van der Waals surface area contributed by atoms with E-state index >= 15 is 0 Å². The number of β-amino-alcohol motifs (C(OH)–C–C–N with tert-alkyl or cyclic N) is 1. The number of likely N-dealkylation sites (tertiary alicyclic amines) is 1. The Morgan fingerprint density at radius 3 is 2.76 bits per heavy atom. The highest BCUT2D eigenvalue weighted by molar-refractivity contribution is 9.09. The van der Waals surface area contributed by atoms with Gasteiger partial charge in [-0.05, 0) is 33.4 Å². The lowest BCUT2D eigenvalue weighted by Crippen LogP contribution is -2.41. The van der Waals surface area contributed by atoms with E-state index in [2.05, 4.69) is 20.8 Å². The molecule has 2 unspecified atom stereocenters. The molecule has 1 amide bonds. The number of aliphatic hydroxyl groups excluding tert-OH is 1. The van der Waals surface area contributed by atoms with E-state index in [9.17, 15) is 9.90 Å². The van der Waals surface area contributed by atoms with Gasteiger partial charge in [-0.1, -0.05) is 15.9 Å². The molecule has 17 heavy (non-hydrogen) atoms. The summed E-state index contributed by atoms with van der Waals surface area (Å²) in [6.07, 6.45) is 2.91. The van der Waals surface area contributed by atoms with E-state index in [1.54, 1.807) is 0 Å². The van der Waals surface area contributed by atoms with Gasteiger partial charge in [0.05, 0.1) is 6.10 Å². The van der Waals surface area contributed by atoms with Crippen LogP contribution in [0.1, 0.15) is 25.7 Å². The Labute approximate surface area is 112 Å². The number of halogens is 1. The average Bonchev–Trinajstić information content (AvgIpc) is 2.58. The van der Waals surface area contributed by atoms with Crippen molar-refractivity contribution >= 4 is 21.8 Å². The predicted molar refractivity (Wildman–Crippen MR) is 72.3 cm³/mol. The van der Waals surface area contributed by atoms with Gasteiger partial charge in [0.25, 0.3) is 0 Å². The summed E-state index contributed by atoms with van der Waals surface area (Å²) in [4.78, 5) is 16.0. The molecule has 100 valence electrons. The normalized spacial score (nSPS) is 24.6. The largest absolute Gasteiger partial charge is 0.391 e. The number of unbranched alkanes of at least 4 members (excludes halogenated alkanes) is 1. The van der Waals surface area contributed by atoms with Crippen LogP contribution in [-0.2, 0) is 4.79 Å². The van der Waals surface area contributed by atoms with E-state index in [0.717, 1.165) is 24.7 Å². The number of rotatable bonds is 6. The Kier molecular flexibility index (Phi) is 6.44. The highest BCUT2D eigenvalue weighted by Gasteiger charge is 2.33. The maximum absolute atomic E-state index is 12.0. The lowest BCUT2D eigenvalue weighted by Gasteiger charge is -2.26. The van der Waals surface area contributed by atoms with Crippen molar-refractivity contribution in [2.75, 3.05) is 32.5 Å². The summed E-state index contributed by atoms with van der Waals surface area (Å²) in [5, 5.41) is 10.6. The van der Waals surface area contributed by atoms with Crippen LogP contribution in [0.25, 0.3) is 0 Å². The standard InChI is InChI=1S/C12H23BrN2O2/c1-14(2)8-10-7-11(16)9-15(10)12(17)5-3-4-6-13/h10-11,16H,3-9H2,1-2H3. The van der Waals surface area contributed by atoms with Crippen molar-refractivity contribution in [2.24, 2.45) is 0 Å². The molecule has 2 atom stereocenters. The van der Waals surface area contributed by atoms with Crippen molar-refractivity contribution in [1.29, 1.82) is 0 Å². The topological polar surface area (TPSA) is 43.8 Å². The highest BCUT2D eigenvalue weighted by Crippen LogP contribution is 2.20. The SMILES string of the molecule is CN(C)CC1CC(O)CN1C(=O)CCCCBr. The van der Waals surface area contributed by atoms with Gasteiger partial charge in [-0.15, -0.1) is 0 Å². The second-order valence-electron chi connectivity index (χ2n) is 5.00. The summed E-state index contributed by atoms with van der Waals surface area (Å²) in [5.74, 6) is 0.189. The first kappa shape index (κ1) is 14.9. The summed E-state index contributed by atoms with van der Waals surface area (Å²) < 4.78 is 0. The predicted octanol–water partition coefficient (Wildman–Crippen LogP) is 1.07.